The van der Waals surface area contributed by atoms with Crippen molar-refractivity contribution in [2.45, 2.75) is 26.8 Å². The van der Waals surface area contributed by atoms with Gasteiger partial charge in [0.25, 0.3) is 0 Å². The number of para-hydroxylation sites is 1. The first-order valence-corrected chi connectivity index (χ1v) is 6.12. The SMILES string of the molecule is Cc1nn(C)c(C)c1C(C)Nc1c(F)cccc1F. The van der Waals surface area contributed by atoms with E-state index < -0.39 is 11.6 Å². The highest BCUT2D eigenvalue weighted by Crippen LogP contribution is 2.27. The van der Waals surface area contributed by atoms with Gasteiger partial charge < -0.3 is 5.32 Å². The molecule has 3 nitrogen and oxygen atoms in total. The molecule has 1 atom stereocenters. The molecule has 1 unspecified atom stereocenters. The Morgan fingerprint density at radius 3 is 2.26 bits per heavy atom. The van der Waals surface area contributed by atoms with Crippen molar-refractivity contribution in [1.29, 1.82) is 0 Å². The van der Waals surface area contributed by atoms with Crippen LogP contribution < -0.4 is 5.32 Å². The predicted molar refractivity (Wildman–Crippen MR) is 71.1 cm³/mol. The number of benzene rings is 1. The van der Waals surface area contributed by atoms with Gasteiger partial charge in [0.05, 0.1) is 11.7 Å². The Hall–Kier alpha value is -1.91. The normalized spacial score (nSPS) is 12.5. The van der Waals surface area contributed by atoms with Crippen molar-refractivity contribution in [3.05, 3.63) is 46.8 Å². The van der Waals surface area contributed by atoms with Crippen LogP contribution in [-0.2, 0) is 7.05 Å². The minimum atomic E-state index is -0.592. The Labute approximate surface area is 111 Å². The van der Waals surface area contributed by atoms with Crippen molar-refractivity contribution in [2.75, 3.05) is 5.32 Å². The van der Waals surface area contributed by atoms with Crippen LogP contribution in [0.15, 0.2) is 18.2 Å². The molecule has 1 heterocycles. The second-order valence-corrected chi connectivity index (χ2v) is 4.67. The largest absolute Gasteiger partial charge is 0.374 e. The van der Waals surface area contributed by atoms with Gasteiger partial charge in [-0.05, 0) is 32.9 Å². The van der Waals surface area contributed by atoms with Crippen molar-refractivity contribution in [3.8, 4) is 0 Å². The number of nitrogens with one attached hydrogen (secondary N) is 1. The third kappa shape index (κ3) is 2.45. The summed E-state index contributed by atoms with van der Waals surface area (Å²) in [7, 11) is 1.85. The molecule has 0 radical (unpaired) electrons. The lowest BCUT2D eigenvalue weighted by atomic mass is 10.1. The lowest BCUT2D eigenvalue weighted by molar-refractivity contribution is 0.584. The summed E-state index contributed by atoms with van der Waals surface area (Å²) in [6, 6.07) is 3.60. The fraction of sp³-hybridized carbons (Fsp3) is 0.357. The van der Waals surface area contributed by atoms with Crippen LogP contribution in [-0.4, -0.2) is 9.78 Å². The molecule has 5 heteroatoms. The molecule has 1 aromatic heterocycles. The minimum Gasteiger partial charge on any atom is -0.374 e. The summed E-state index contributed by atoms with van der Waals surface area (Å²) in [6.07, 6.45) is 0. The van der Waals surface area contributed by atoms with Crippen LogP contribution in [0.3, 0.4) is 0 Å². The summed E-state index contributed by atoms with van der Waals surface area (Å²) < 4.78 is 29.0. The maximum Gasteiger partial charge on any atom is 0.149 e. The molecule has 2 rings (SSSR count). The smallest absolute Gasteiger partial charge is 0.149 e. The zero-order valence-corrected chi connectivity index (χ0v) is 11.5. The average molecular weight is 265 g/mol. The van der Waals surface area contributed by atoms with Crippen molar-refractivity contribution in [2.24, 2.45) is 7.05 Å². The monoisotopic (exact) mass is 265 g/mol. The standard InChI is InChI=1S/C14H17F2N3/c1-8(13-9(2)18-19(4)10(13)3)17-14-11(15)6-5-7-12(14)16/h5-8,17H,1-4H3. The molecule has 102 valence electrons. The van der Waals surface area contributed by atoms with E-state index in [1.807, 2.05) is 27.8 Å². The van der Waals surface area contributed by atoms with Crippen LogP contribution >= 0.6 is 0 Å². The van der Waals surface area contributed by atoms with Gasteiger partial charge in [-0.15, -0.1) is 0 Å². The molecule has 0 aliphatic carbocycles. The summed E-state index contributed by atoms with van der Waals surface area (Å²) in [6.45, 7) is 5.69. The molecule has 0 spiro atoms. The molecular weight excluding hydrogens is 248 g/mol. The van der Waals surface area contributed by atoms with E-state index in [0.29, 0.717) is 0 Å². The van der Waals surface area contributed by atoms with Crippen molar-refractivity contribution in [1.82, 2.24) is 9.78 Å². The van der Waals surface area contributed by atoms with Crippen LogP contribution in [0.4, 0.5) is 14.5 Å². The highest BCUT2D eigenvalue weighted by molar-refractivity contribution is 5.48. The van der Waals surface area contributed by atoms with Gasteiger partial charge in [-0.3, -0.25) is 4.68 Å². The lowest BCUT2D eigenvalue weighted by Gasteiger charge is -2.17. The first-order chi connectivity index (χ1) is 8.91. The molecule has 0 fully saturated rings. The Morgan fingerprint density at radius 1 is 1.21 bits per heavy atom. The van der Waals surface area contributed by atoms with Crippen molar-refractivity contribution in [3.63, 3.8) is 0 Å². The van der Waals surface area contributed by atoms with Gasteiger partial charge in [0, 0.05) is 18.3 Å². The van der Waals surface area contributed by atoms with E-state index in [0.717, 1.165) is 17.0 Å². The van der Waals surface area contributed by atoms with Crippen molar-refractivity contribution >= 4 is 5.69 Å². The zero-order valence-electron chi connectivity index (χ0n) is 11.5. The number of hydrogen-bond acceptors (Lipinski definition) is 2. The number of anilines is 1. The van der Waals surface area contributed by atoms with Crippen LogP contribution in [0.25, 0.3) is 0 Å². The van der Waals surface area contributed by atoms with E-state index in [2.05, 4.69) is 10.4 Å². The topological polar surface area (TPSA) is 29.9 Å². The Kier molecular flexibility index (Phi) is 3.55. The maximum absolute atomic E-state index is 13.6. The molecule has 0 aliphatic heterocycles. The quantitative estimate of drug-likeness (QED) is 0.920. The summed E-state index contributed by atoms with van der Waals surface area (Å²) in [5.74, 6) is -1.18. The molecule has 1 aromatic carbocycles. The van der Waals surface area contributed by atoms with Gasteiger partial charge in [-0.1, -0.05) is 6.07 Å². The molecular formula is C14H17F2N3. The van der Waals surface area contributed by atoms with Crippen molar-refractivity contribution < 1.29 is 8.78 Å². The first kappa shape index (κ1) is 13.5. The van der Waals surface area contributed by atoms with Gasteiger partial charge in [0.2, 0.25) is 0 Å². The Balaban J connectivity index is 2.33. The van der Waals surface area contributed by atoms with Crippen LogP contribution in [0, 0.1) is 25.5 Å². The molecule has 0 saturated heterocycles. The van der Waals surface area contributed by atoms with E-state index in [9.17, 15) is 8.78 Å². The number of hydrogen-bond donors (Lipinski definition) is 1. The highest BCUT2D eigenvalue weighted by atomic mass is 19.1. The summed E-state index contributed by atoms with van der Waals surface area (Å²) in [5, 5.41) is 7.19. The Bertz CT molecular complexity index is 585. The number of nitrogens with zero attached hydrogens (tertiary/aromatic N) is 2. The van der Waals surface area contributed by atoms with Gasteiger partial charge in [-0.25, -0.2) is 8.78 Å². The number of aryl methyl sites for hydroxylation is 2. The lowest BCUT2D eigenvalue weighted by Crippen LogP contribution is -2.11. The molecule has 1 N–H and O–H groups in total. The van der Waals surface area contributed by atoms with E-state index >= 15 is 0 Å². The predicted octanol–water partition coefficient (Wildman–Crippen LogP) is 3.49. The molecule has 2 aromatic rings. The van der Waals surface area contributed by atoms with Gasteiger partial charge in [0.1, 0.15) is 17.3 Å². The van der Waals surface area contributed by atoms with Crippen LogP contribution in [0.1, 0.15) is 29.9 Å². The maximum atomic E-state index is 13.6. The molecule has 19 heavy (non-hydrogen) atoms. The fourth-order valence-electron chi connectivity index (χ4n) is 2.34. The van der Waals surface area contributed by atoms with E-state index in [1.54, 1.807) is 4.68 Å². The van der Waals surface area contributed by atoms with Gasteiger partial charge >= 0.3 is 0 Å². The van der Waals surface area contributed by atoms with E-state index in [1.165, 1.54) is 18.2 Å². The van der Waals surface area contributed by atoms with Gasteiger partial charge in [0.15, 0.2) is 0 Å². The second-order valence-electron chi connectivity index (χ2n) is 4.67. The van der Waals surface area contributed by atoms with Gasteiger partial charge in [-0.2, -0.15) is 5.10 Å². The minimum absolute atomic E-state index is 0.0994. The molecule has 0 amide bonds. The molecule has 0 bridgehead atoms. The molecule has 0 saturated carbocycles. The van der Waals surface area contributed by atoms with E-state index in [4.69, 9.17) is 0 Å². The number of halogens is 2. The summed E-state index contributed by atoms with van der Waals surface area (Å²) >= 11 is 0. The van der Waals surface area contributed by atoms with E-state index in [-0.39, 0.29) is 11.7 Å². The third-order valence-corrected chi connectivity index (χ3v) is 3.32. The number of rotatable bonds is 3. The Morgan fingerprint density at radius 2 is 1.79 bits per heavy atom. The summed E-state index contributed by atoms with van der Waals surface area (Å²) in [5.41, 5.74) is 2.70. The highest BCUT2D eigenvalue weighted by Gasteiger charge is 2.18. The van der Waals surface area contributed by atoms with Crippen LogP contribution in [0.5, 0.6) is 0 Å². The summed E-state index contributed by atoms with van der Waals surface area (Å²) in [4.78, 5) is 0. The average Bonchev–Trinajstić information content (AvgIpc) is 2.58. The second kappa shape index (κ2) is 4.99. The third-order valence-electron chi connectivity index (χ3n) is 3.32. The number of aromatic nitrogens is 2. The van der Waals surface area contributed by atoms with Crippen LogP contribution in [0.2, 0.25) is 0 Å². The molecule has 0 aliphatic rings. The first-order valence-electron chi connectivity index (χ1n) is 6.12. The zero-order chi connectivity index (χ0) is 14.2. The fourth-order valence-corrected chi connectivity index (χ4v) is 2.34.